The van der Waals surface area contributed by atoms with Crippen molar-refractivity contribution in [2.24, 2.45) is 0 Å². The van der Waals surface area contributed by atoms with Gasteiger partial charge in [-0.3, -0.25) is 4.79 Å². The molecule has 5 heteroatoms. The summed E-state index contributed by atoms with van der Waals surface area (Å²) in [5, 5.41) is 12.4. The molecule has 1 atom stereocenters. The Balaban J connectivity index is 1.52. The van der Waals surface area contributed by atoms with Crippen LogP contribution in [0.3, 0.4) is 0 Å². The fraction of sp³-hybridized carbons (Fsp3) is 0.562. The molecule has 1 aromatic rings. The van der Waals surface area contributed by atoms with Gasteiger partial charge in [-0.15, -0.1) is 0 Å². The Morgan fingerprint density at radius 3 is 2.48 bits per heavy atom. The first-order chi connectivity index (χ1) is 10.1. The number of nitrogens with zero attached hydrogens (tertiary/aromatic N) is 1. The van der Waals surface area contributed by atoms with E-state index < -0.39 is 0 Å². The number of carbonyl (C=O) groups excluding carboxylic acids is 1. The van der Waals surface area contributed by atoms with Crippen molar-refractivity contribution in [3.05, 3.63) is 24.3 Å². The molecule has 2 aliphatic rings. The Bertz CT molecular complexity index is 491. The highest BCUT2D eigenvalue weighted by Crippen LogP contribution is 2.19. The standard InChI is InChI=1S/C16H23N3O2/c1-12(16(21)17-13-2-3-13)18-8-10-19(11-9-18)14-4-6-15(20)7-5-14/h4-7,12-13,20H,2-3,8-11H2,1H3,(H,17,21)/p+1/t12-/m0/s1. The van der Waals surface area contributed by atoms with Gasteiger partial charge >= 0.3 is 0 Å². The number of piperazine rings is 1. The topological polar surface area (TPSA) is 57.0 Å². The van der Waals surface area contributed by atoms with Crippen molar-refractivity contribution in [2.45, 2.75) is 31.8 Å². The molecular formula is C16H24N3O2+. The summed E-state index contributed by atoms with van der Waals surface area (Å²) in [5.74, 6) is 0.499. The first-order valence-corrected chi connectivity index (χ1v) is 7.82. The Morgan fingerprint density at radius 2 is 1.90 bits per heavy atom. The second-order valence-corrected chi connectivity index (χ2v) is 6.17. The molecule has 0 bridgehead atoms. The fourth-order valence-electron chi connectivity index (χ4n) is 2.89. The molecule has 0 unspecified atom stereocenters. The van der Waals surface area contributed by atoms with E-state index in [2.05, 4.69) is 10.2 Å². The van der Waals surface area contributed by atoms with Gasteiger partial charge in [0.05, 0.1) is 26.2 Å². The summed E-state index contributed by atoms with van der Waals surface area (Å²) in [4.78, 5) is 15.8. The van der Waals surface area contributed by atoms with Crippen molar-refractivity contribution in [3.63, 3.8) is 0 Å². The SMILES string of the molecule is C[C@@H](C(=O)NC1CC1)[NH+]1CCN(c2ccc(O)cc2)CC1. The van der Waals surface area contributed by atoms with E-state index >= 15 is 0 Å². The minimum absolute atomic E-state index is 0.0348. The normalized spacial score (nSPS) is 21.1. The predicted molar refractivity (Wildman–Crippen MR) is 81.6 cm³/mol. The molecule has 0 spiro atoms. The van der Waals surface area contributed by atoms with Gasteiger partial charge in [-0.1, -0.05) is 0 Å². The van der Waals surface area contributed by atoms with Crippen LogP contribution in [0.4, 0.5) is 5.69 Å². The maximum Gasteiger partial charge on any atom is 0.278 e. The van der Waals surface area contributed by atoms with Crippen LogP contribution in [0.1, 0.15) is 19.8 Å². The summed E-state index contributed by atoms with van der Waals surface area (Å²) in [5.41, 5.74) is 1.14. The molecule has 0 radical (unpaired) electrons. The van der Waals surface area contributed by atoms with Crippen LogP contribution in [-0.4, -0.2) is 49.3 Å². The third kappa shape index (κ3) is 3.47. The van der Waals surface area contributed by atoms with Gasteiger partial charge in [0.2, 0.25) is 0 Å². The van der Waals surface area contributed by atoms with Crippen LogP contribution in [0.2, 0.25) is 0 Å². The molecular weight excluding hydrogens is 266 g/mol. The Kier molecular flexibility index (Phi) is 4.01. The number of benzene rings is 1. The van der Waals surface area contributed by atoms with E-state index in [0.29, 0.717) is 11.8 Å². The molecule has 5 nitrogen and oxygen atoms in total. The molecule has 0 aromatic heterocycles. The molecule has 2 fully saturated rings. The van der Waals surface area contributed by atoms with Crippen molar-refractivity contribution < 1.29 is 14.8 Å². The second-order valence-electron chi connectivity index (χ2n) is 6.17. The van der Waals surface area contributed by atoms with Crippen molar-refractivity contribution in [3.8, 4) is 5.75 Å². The Morgan fingerprint density at radius 1 is 1.29 bits per heavy atom. The number of quaternary nitrogens is 1. The molecule has 3 N–H and O–H groups in total. The van der Waals surface area contributed by atoms with E-state index in [4.69, 9.17) is 0 Å². The molecule has 21 heavy (non-hydrogen) atoms. The highest BCUT2D eigenvalue weighted by Gasteiger charge is 2.32. The number of rotatable bonds is 4. The number of carbonyl (C=O) groups is 1. The van der Waals surface area contributed by atoms with Crippen molar-refractivity contribution in [1.29, 1.82) is 0 Å². The van der Waals surface area contributed by atoms with Gasteiger partial charge in [0.15, 0.2) is 6.04 Å². The van der Waals surface area contributed by atoms with Gasteiger partial charge < -0.3 is 20.2 Å². The number of hydrogen-bond donors (Lipinski definition) is 3. The highest BCUT2D eigenvalue weighted by atomic mass is 16.3. The fourth-order valence-corrected chi connectivity index (χ4v) is 2.89. The maximum atomic E-state index is 12.1. The van der Waals surface area contributed by atoms with Crippen LogP contribution in [0.5, 0.6) is 5.75 Å². The maximum absolute atomic E-state index is 12.1. The van der Waals surface area contributed by atoms with Crippen molar-refractivity contribution in [1.82, 2.24) is 5.32 Å². The molecule has 1 saturated carbocycles. The number of hydrogen-bond acceptors (Lipinski definition) is 3. The monoisotopic (exact) mass is 290 g/mol. The third-order valence-electron chi connectivity index (χ3n) is 4.55. The van der Waals surface area contributed by atoms with Crippen molar-refractivity contribution in [2.75, 3.05) is 31.1 Å². The number of phenolic OH excluding ortho intramolecular Hbond substituents is 1. The molecule has 1 saturated heterocycles. The first-order valence-electron chi connectivity index (χ1n) is 7.82. The lowest BCUT2D eigenvalue weighted by Gasteiger charge is -2.36. The average Bonchev–Trinajstić information content (AvgIpc) is 3.31. The number of anilines is 1. The van der Waals surface area contributed by atoms with Crippen LogP contribution in [0.25, 0.3) is 0 Å². The summed E-state index contributed by atoms with van der Waals surface area (Å²) < 4.78 is 0. The summed E-state index contributed by atoms with van der Waals surface area (Å²) >= 11 is 0. The molecule has 1 aromatic carbocycles. The van der Waals surface area contributed by atoms with E-state index in [0.717, 1.165) is 44.7 Å². The van der Waals surface area contributed by atoms with E-state index in [1.807, 2.05) is 19.1 Å². The quantitative estimate of drug-likeness (QED) is 0.718. The van der Waals surface area contributed by atoms with Crippen LogP contribution in [0, 0.1) is 0 Å². The number of amides is 1. The van der Waals surface area contributed by atoms with E-state index in [-0.39, 0.29) is 11.9 Å². The molecule has 3 rings (SSSR count). The predicted octanol–water partition coefficient (Wildman–Crippen LogP) is -0.236. The van der Waals surface area contributed by atoms with E-state index in [1.54, 1.807) is 12.1 Å². The molecule has 1 heterocycles. The van der Waals surface area contributed by atoms with Crippen LogP contribution >= 0.6 is 0 Å². The minimum Gasteiger partial charge on any atom is -0.508 e. The lowest BCUT2D eigenvalue weighted by Crippen LogP contribution is -3.19. The zero-order valence-electron chi connectivity index (χ0n) is 12.5. The summed E-state index contributed by atoms with van der Waals surface area (Å²) in [6.45, 7) is 5.87. The van der Waals surface area contributed by atoms with Crippen LogP contribution < -0.4 is 15.1 Å². The van der Waals surface area contributed by atoms with Crippen molar-refractivity contribution >= 4 is 11.6 Å². The zero-order valence-corrected chi connectivity index (χ0v) is 12.5. The largest absolute Gasteiger partial charge is 0.508 e. The van der Waals surface area contributed by atoms with Crippen LogP contribution in [-0.2, 0) is 4.79 Å². The highest BCUT2D eigenvalue weighted by molar-refractivity contribution is 5.80. The third-order valence-corrected chi connectivity index (χ3v) is 4.55. The summed E-state index contributed by atoms with van der Waals surface area (Å²) in [7, 11) is 0. The Hall–Kier alpha value is -1.75. The summed E-state index contributed by atoms with van der Waals surface area (Å²) in [6, 6.07) is 7.82. The van der Waals surface area contributed by atoms with Gasteiger partial charge in [0, 0.05) is 11.7 Å². The first kappa shape index (κ1) is 14.2. The second kappa shape index (κ2) is 5.93. The summed E-state index contributed by atoms with van der Waals surface area (Å²) in [6.07, 6.45) is 2.28. The average molecular weight is 290 g/mol. The molecule has 1 aliphatic carbocycles. The van der Waals surface area contributed by atoms with Gasteiger partial charge in [0.1, 0.15) is 5.75 Å². The minimum atomic E-state index is 0.0348. The molecule has 1 amide bonds. The lowest BCUT2D eigenvalue weighted by molar-refractivity contribution is -0.914. The number of nitrogens with one attached hydrogen (secondary N) is 2. The Labute approximate surface area is 125 Å². The zero-order chi connectivity index (χ0) is 14.8. The number of aromatic hydroxyl groups is 1. The van der Waals surface area contributed by atoms with E-state index in [9.17, 15) is 9.90 Å². The van der Waals surface area contributed by atoms with Gasteiger partial charge in [-0.2, -0.15) is 0 Å². The van der Waals surface area contributed by atoms with Gasteiger partial charge in [-0.25, -0.2) is 0 Å². The molecule has 1 aliphatic heterocycles. The lowest BCUT2D eigenvalue weighted by atomic mass is 10.2. The van der Waals surface area contributed by atoms with Crippen LogP contribution in [0.15, 0.2) is 24.3 Å². The smallest absolute Gasteiger partial charge is 0.278 e. The van der Waals surface area contributed by atoms with Gasteiger partial charge in [-0.05, 0) is 44.0 Å². The molecule has 114 valence electrons. The van der Waals surface area contributed by atoms with E-state index in [1.165, 1.54) is 4.90 Å². The number of phenols is 1. The van der Waals surface area contributed by atoms with Gasteiger partial charge in [0.25, 0.3) is 5.91 Å².